The third-order valence-corrected chi connectivity index (χ3v) is 6.89. The average Bonchev–Trinajstić information content (AvgIpc) is 2.97. The van der Waals surface area contributed by atoms with E-state index in [1.807, 2.05) is 19.0 Å². The molecule has 3 N–H and O–H groups in total. The lowest BCUT2D eigenvalue weighted by atomic mass is 10.0. The van der Waals surface area contributed by atoms with Crippen LogP contribution in [-0.2, 0) is 16.4 Å². The fourth-order valence-corrected chi connectivity index (χ4v) is 4.54. The quantitative estimate of drug-likeness (QED) is 0.752. The molecular formula is C18H25N3O3S2. The third kappa shape index (κ3) is 4.91. The van der Waals surface area contributed by atoms with Gasteiger partial charge in [-0.05, 0) is 50.2 Å². The first kappa shape index (κ1) is 20.6. The number of amides is 1. The molecule has 0 radical (unpaired) electrons. The summed E-state index contributed by atoms with van der Waals surface area (Å²) in [6.07, 6.45) is 0.980. The van der Waals surface area contributed by atoms with Crippen LogP contribution in [0.4, 0.5) is 0 Å². The van der Waals surface area contributed by atoms with Gasteiger partial charge in [-0.2, -0.15) is 0 Å². The Balaban J connectivity index is 2.13. The van der Waals surface area contributed by atoms with E-state index in [0.29, 0.717) is 17.0 Å². The van der Waals surface area contributed by atoms with Crippen molar-refractivity contribution in [3.63, 3.8) is 0 Å². The van der Waals surface area contributed by atoms with Crippen molar-refractivity contribution < 1.29 is 13.2 Å². The largest absolute Gasteiger partial charge is 0.349 e. The van der Waals surface area contributed by atoms with Crippen LogP contribution in [0.3, 0.4) is 0 Å². The number of thiophene rings is 1. The monoisotopic (exact) mass is 395 g/mol. The van der Waals surface area contributed by atoms with Gasteiger partial charge in [0, 0.05) is 6.54 Å². The predicted octanol–water partition coefficient (Wildman–Crippen LogP) is 2.30. The van der Waals surface area contributed by atoms with Gasteiger partial charge in [0.2, 0.25) is 10.0 Å². The summed E-state index contributed by atoms with van der Waals surface area (Å²) in [5, 5.41) is 8.05. The van der Waals surface area contributed by atoms with Gasteiger partial charge in [0.1, 0.15) is 4.21 Å². The van der Waals surface area contributed by atoms with E-state index in [1.54, 1.807) is 6.92 Å². The molecule has 8 heteroatoms. The fourth-order valence-electron chi connectivity index (χ4n) is 2.66. The molecule has 0 bridgehead atoms. The van der Waals surface area contributed by atoms with Gasteiger partial charge in [-0.25, -0.2) is 13.6 Å². The maximum absolute atomic E-state index is 12.5. The minimum atomic E-state index is -3.80. The first-order valence-electron chi connectivity index (χ1n) is 8.30. The van der Waals surface area contributed by atoms with Crippen LogP contribution in [0.1, 0.15) is 39.3 Å². The van der Waals surface area contributed by atoms with Gasteiger partial charge in [0.05, 0.1) is 10.9 Å². The number of hydrogen-bond donors (Lipinski definition) is 2. The standard InChI is InChI=1S/C18H25N3O3S2/c1-5-13-6-8-14(9-7-13)15(21(3)4)11-20-18(22)17-12(2)10-16(25-17)26(19,23)24/h6-10,15H,5,11H2,1-4H3,(H,20,22)(H2,19,23,24). The number of primary sulfonamides is 1. The van der Waals surface area contributed by atoms with Crippen LogP contribution in [0.15, 0.2) is 34.5 Å². The lowest BCUT2D eigenvalue weighted by molar-refractivity contribution is 0.0945. The maximum Gasteiger partial charge on any atom is 0.261 e. The summed E-state index contributed by atoms with van der Waals surface area (Å²) in [6, 6.07) is 9.78. The van der Waals surface area contributed by atoms with Gasteiger partial charge in [-0.1, -0.05) is 31.2 Å². The van der Waals surface area contributed by atoms with E-state index in [-0.39, 0.29) is 16.2 Å². The normalized spacial score (nSPS) is 13.0. The van der Waals surface area contributed by atoms with Crippen molar-refractivity contribution in [2.24, 2.45) is 5.14 Å². The molecule has 142 valence electrons. The average molecular weight is 396 g/mol. The number of benzene rings is 1. The minimum Gasteiger partial charge on any atom is -0.349 e. The Morgan fingerprint density at radius 3 is 2.35 bits per heavy atom. The predicted molar refractivity (Wildman–Crippen MR) is 105 cm³/mol. The highest BCUT2D eigenvalue weighted by atomic mass is 32.2. The van der Waals surface area contributed by atoms with E-state index in [2.05, 4.69) is 36.5 Å². The minimum absolute atomic E-state index is 0.000496. The summed E-state index contributed by atoms with van der Waals surface area (Å²) in [5.74, 6) is -0.292. The van der Waals surface area contributed by atoms with Crippen molar-refractivity contribution in [1.29, 1.82) is 0 Å². The first-order valence-corrected chi connectivity index (χ1v) is 10.7. The number of likely N-dealkylation sites (N-methyl/N-ethyl adjacent to an activating group) is 1. The van der Waals surface area contributed by atoms with Crippen molar-refractivity contribution >= 4 is 27.3 Å². The molecule has 1 amide bonds. The summed E-state index contributed by atoms with van der Waals surface area (Å²) in [5.41, 5.74) is 2.98. The Labute approximate surface area is 159 Å². The van der Waals surface area contributed by atoms with Crippen LogP contribution in [0.25, 0.3) is 0 Å². The molecule has 1 aromatic carbocycles. The highest BCUT2D eigenvalue weighted by molar-refractivity contribution is 7.91. The molecule has 1 atom stereocenters. The first-order chi connectivity index (χ1) is 12.1. The second-order valence-electron chi connectivity index (χ2n) is 6.41. The van der Waals surface area contributed by atoms with Crippen molar-refractivity contribution in [1.82, 2.24) is 10.2 Å². The number of sulfonamides is 1. The summed E-state index contributed by atoms with van der Waals surface area (Å²) in [6.45, 7) is 4.23. The molecule has 26 heavy (non-hydrogen) atoms. The lowest BCUT2D eigenvalue weighted by Crippen LogP contribution is -2.34. The zero-order chi connectivity index (χ0) is 19.5. The molecule has 0 aliphatic carbocycles. The van der Waals surface area contributed by atoms with E-state index in [0.717, 1.165) is 23.3 Å². The van der Waals surface area contributed by atoms with Crippen LogP contribution < -0.4 is 10.5 Å². The van der Waals surface area contributed by atoms with Crippen molar-refractivity contribution in [2.45, 2.75) is 30.5 Å². The SMILES string of the molecule is CCc1ccc(C(CNC(=O)c2sc(S(N)(=O)=O)cc2C)N(C)C)cc1. The molecule has 2 rings (SSSR count). The molecular weight excluding hydrogens is 370 g/mol. The number of nitrogens with two attached hydrogens (primary N) is 1. The number of carbonyl (C=O) groups is 1. The Morgan fingerprint density at radius 2 is 1.88 bits per heavy atom. The van der Waals surface area contributed by atoms with Gasteiger partial charge in [0.25, 0.3) is 5.91 Å². The highest BCUT2D eigenvalue weighted by Crippen LogP contribution is 2.25. The summed E-state index contributed by atoms with van der Waals surface area (Å²) < 4.78 is 22.9. The van der Waals surface area contributed by atoms with Gasteiger partial charge in [0.15, 0.2) is 0 Å². The molecule has 0 fully saturated rings. The van der Waals surface area contributed by atoms with E-state index < -0.39 is 10.0 Å². The summed E-state index contributed by atoms with van der Waals surface area (Å²) in [7, 11) is 0.115. The van der Waals surface area contributed by atoms with E-state index >= 15 is 0 Å². The summed E-state index contributed by atoms with van der Waals surface area (Å²) >= 11 is 0.897. The molecule has 1 aromatic heterocycles. The molecule has 0 saturated heterocycles. The highest BCUT2D eigenvalue weighted by Gasteiger charge is 2.21. The third-order valence-electron chi connectivity index (χ3n) is 4.23. The van der Waals surface area contributed by atoms with Crippen molar-refractivity contribution in [3.8, 4) is 0 Å². The maximum atomic E-state index is 12.5. The number of carbonyl (C=O) groups excluding carboxylic acids is 1. The van der Waals surface area contributed by atoms with Crippen LogP contribution >= 0.6 is 11.3 Å². The smallest absolute Gasteiger partial charge is 0.261 e. The zero-order valence-electron chi connectivity index (χ0n) is 15.4. The fraction of sp³-hybridized carbons (Fsp3) is 0.389. The lowest BCUT2D eigenvalue weighted by Gasteiger charge is -2.25. The van der Waals surface area contributed by atoms with Crippen LogP contribution in [0, 0.1) is 6.92 Å². The van der Waals surface area contributed by atoms with Crippen molar-refractivity contribution in [2.75, 3.05) is 20.6 Å². The van der Waals surface area contributed by atoms with Gasteiger partial charge < -0.3 is 10.2 Å². The second-order valence-corrected chi connectivity index (χ2v) is 9.25. The van der Waals surface area contributed by atoms with Crippen LogP contribution in [0.2, 0.25) is 0 Å². The molecule has 0 spiro atoms. The van der Waals surface area contributed by atoms with Gasteiger partial charge in [-0.15, -0.1) is 11.3 Å². The Kier molecular flexibility index (Phi) is 6.57. The molecule has 1 heterocycles. The Hall–Kier alpha value is -1.74. The molecule has 6 nitrogen and oxygen atoms in total. The summed E-state index contributed by atoms with van der Waals surface area (Å²) in [4.78, 5) is 14.9. The number of nitrogens with one attached hydrogen (secondary N) is 1. The van der Waals surface area contributed by atoms with Crippen molar-refractivity contribution in [3.05, 3.63) is 51.9 Å². The van der Waals surface area contributed by atoms with Gasteiger partial charge >= 0.3 is 0 Å². The van der Waals surface area contributed by atoms with Crippen LogP contribution in [-0.4, -0.2) is 39.9 Å². The number of rotatable bonds is 7. The van der Waals surface area contributed by atoms with Gasteiger partial charge in [-0.3, -0.25) is 4.79 Å². The molecule has 1 unspecified atom stereocenters. The zero-order valence-corrected chi connectivity index (χ0v) is 17.1. The number of aryl methyl sites for hydroxylation is 2. The molecule has 2 aromatic rings. The Bertz CT molecular complexity index is 872. The second kappa shape index (κ2) is 8.30. The van der Waals surface area contributed by atoms with E-state index in [9.17, 15) is 13.2 Å². The number of nitrogens with zero attached hydrogens (tertiary/aromatic N) is 1. The van der Waals surface area contributed by atoms with Crippen LogP contribution in [0.5, 0.6) is 0 Å². The topological polar surface area (TPSA) is 92.5 Å². The molecule has 0 aliphatic rings. The molecule has 0 aliphatic heterocycles. The number of hydrogen-bond acceptors (Lipinski definition) is 5. The van der Waals surface area contributed by atoms with E-state index in [4.69, 9.17) is 5.14 Å². The molecule has 0 saturated carbocycles. The van der Waals surface area contributed by atoms with E-state index in [1.165, 1.54) is 11.6 Å². The Morgan fingerprint density at radius 1 is 1.27 bits per heavy atom.